The van der Waals surface area contributed by atoms with Crippen molar-refractivity contribution in [2.75, 3.05) is 39.5 Å². The zero-order valence-electron chi connectivity index (χ0n) is 16.5. The molecule has 0 saturated carbocycles. The summed E-state index contributed by atoms with van der Waals surface area (Å²) in [5, 5.41) is 0. The van der Waals surface area contributed by atoms with Gasteiger partial charge in [0.05, 0.1) is 30.9 Å². The molecule has 0 unspecified atom stereocenters. The van der Waals surface area contributed by atoms with Gasteiger partial charge in [-0.1, -0.05) is 18.2 Å². The lowest BCUT2D eigenvalue weighted by atomic mass is 10.0. The Balaban J connectivity index is 1.55. The van der Waals surface area contributed by atoms with Gasteiger partial charge >= 0.3 is 6.18 Å². The van der Waals surface area contributed by atoms with E-state index in [9.17, 15) is 18.0 Å². The average Bonchev–Trinajstić information content (AvgIpc) is 2.95. The van der Waals surface area contributed by atoms with E-state index in [1.807, 2.05) is 18.2 Å². The first-order valence-electron chi connectivity index (χ1n) is 9.92. The van der Waals surface area contributed by atoms with Crippen LogP contribution in [-0.2, 0) is 24.0 Å². The summed E-state index contributed by atoms with van der Waals surface area (Å²) >= 11 is 0. The molecule has 2 aromatic carbocycles. The molecule has 0 radical (unpaired) electrons. The SMILES string of the molecule is O=C(c1ccccc1C(F)(F)F)N1CCOc2ccc(CN3CCOCC3)cc2C1. The molecule has 4 rings (SSSR count). The van der Waals surface area contributed by atoms with Crippen LogP contribution < -0.4 is 4.74 Å². The number of carbonyl (C=O) groups excluding carboxylic acids is 1. The van der Waals surface area contributed by atoms with E-state index in [1.165, 1.54) is 23.1 Å². The fourth-order valence-corrected chi connectivity index (χ4v) is 3.82. The van der Waals surface area contributed by atoms with Gasteiger partial charge in [-0.15, -0.1) is 0 Å². The van der Waals surface area contributed by atoms with Crippen LogP contribution in [0.3, 0.4) is 0 Å². The van der Waals surface area contributed by atoms with Gasteiger partial charge < -0.3 is 14.4 Å². The Labute approximate surface area is 173 Å². The van der Waals surface area contributed by atoms with Gasteiger partial charge in [0.1, 0.15) is 12.4 Å². The predicted octanol–water partition coefficient (Wildman–Crippen LogP) is 3.57. The predicted molar refractivity (Wildman–Crippen MR) is 104 cm³/mol. The second-order valence-electron chi connectivity index (χ2n) is 7.45. The van der Waals surface area contributed by atoms with Crippen molar-refractivity contribution in [1.82, 2.24) is 9.80 Å². The quantitative estimate of drug-likeness (QED) is 0.762. The minimum absolute atomic E-state index is 0.206. The van der Waals surface area contributed by atoms with Crippen molar-refractivity contribution in [3.63, 3.8) is 0 Å². The number of halogens is 3. The minimum atomic E-state index is -4.59. The summed E-state index contributed by atoms with van der Waals surface area (Å²) in [5.74, 6) is 0.0260. The van der Waals surface area contributed by atoms with E-state index >= 15 is 0 Å². The number of carbonyl (C=O) groups is 1. The Bertz CT molecular complexity index is 911. The van der Waals surface area contributed by atoms with Crippen molar-refractivity contribution in [3.8, 4) is 5.75 Å². The van der Waals surface area contributed by atoms with Crippen LogP contribution >= 0.6 is 0 Å². The van der Waals surface area contributed by atoms with E-state index in [4.69, 9.17) is 9.47 Å². The van der Waals surface area contributed by atoms with Crippen molar-refractivity contribution < 1.29 is 27.4 Å². The molecule has 160 valence electrons. The Hall–Kier alpha value is -2.58. The molecule has 2 aromatic rings. The van der Waals surface area contributed by atoms with Gasteiger partial charge in [0.15, 0.2) is 0 Å². The van der Waals surface area contributed by atoms with E-state index in [-0.39, 0.29) is 25.3 Å². The van der Waals surface area contributed by atoms with Crippen LogP contribution in [0.4, 0.5) is 13.2 Å². The van der Waals surface area contributed by atoms with Crippen LogP contribution in [0.2, 0.25) is 0 Å². The summed E-state index contributed by atoms with van der Waals surface area (Å²) in [5.41, 5.74) is 0.625. The third-order valence-electron chi connectivity index (χ3n) is 5.36. The van der Waals surface area contributed by atoms with Gasteiger partial charge in [0.25, 0.3) is 5.91 Å². The Morgan fingerprint density at radius 3 is 2.53 bits per heavy atom. The summed E-state index contributed by atoms with van der Waals surface area (Å²) in [7, 11) is 0. The lowest BCUT2D eigenvalue weighted by Gasteiger charge is -2.27. The molecule has 1 amide bonds. The highest BCUT2D eigenvalue weighted by Gasteiger charge is 2.36. The van der Waals surface area contributed by atoms with Crippen LogP contribution in [0.5, 0.6) is 5.75 Å². The molecular weight excluding hydrogens is 397 g/mol. The van der Waals surface area contributed by atoms with Gasteiger partial charge in [-0.05, 0) is 29.8 Å². The molecule has 2 aliphatic rings. The first kappa shape index (κ1) is 20.7. The van der Waals surface area contributed by atoms with Crippen LogP contribution in [0.25, 0.3) is 0 Å². The molecule has 2 heterocycles. The number of hydrogen-bond donors (Lipinski definition) is 0. The number of nitrogens with zero attached hydrogens (tertiary/aromatic N) is 2. The van der Waals surface area contributed by atoms with E-state index < -0.39 is 17.6 Å². The fraction of sp³-hybridized carbons (Fsp3) is 0.409. The molecule has 1 fully saturated rings. The Kier molecular flexibility index (Phi) is 5.97. The number of rotatable bonds is 3. The maximum absolute atomic E-state index is 13.4. The number of morpholine rings is 1. The molecule has 2 aliphatic heterocycles. The van der Waals surface area contributed by atoms with E-state index in [0.717, 1.165) is 36.8 Å². The third kappa shape index (κ3) is 4.60. The van der Waals surface area contributed by atoms with Crippen molar-refractivity contribution in [3.05, 3.63) is 64.7 Å². The van der Waals surface area contributed by atoms with E-state index in [0.29, 0.717) is 19.0 Å². The molecule has 0 aliphatic carbocycles. The summed E-state index contributed by atoms with van der Waals surface area (Å²) in [4.78, 5) is 16.7. The molecule has 0 spiro atoms. The number of benzene rings is 2. The second kappa shape index (κ2) is 8.65. The standard InChI is InChI=1S/C22H23F3N2O3/c23-22(24,25)19-4-2-1-3-18(19)21(28)27-9-12-30-20-6-5-16(13-17(20)15-27)14-26-7-10-29-11-8-26/h1-6,13H,7-12,14-15H2. The van der Waals surface area contributed by atoms with Crippen LogP contribution in [0, 0.1) is 0 Å². The molecule has 0 aromatic heterocycles. The van der Waals surface area contributed by atoms with Crippen molar-refractivity contribution in [1.29, 1.82) is 0 Å². The zero-order valence-corrected chi connectivity index (χ0v) is 16.5. The first-order valence-corrected chi connectivity index (χ1v) is 9.92. The topological polar surface area (TPSA) is 42.0 Å². The van der Waals surface area contributed by atoms with Gasteiger partial charge in [-0.2, -0.15) is 13.2 Å². The summed E-state index contributed by atoms with van der Waals surface area (Å²) in [6, 6.07) is 10.8. The fourth-order valence-electron chi connectivity index (χ4n) is 3.82. The zero-order chi connectivity index (χ0) is 21.1. The third-order valence-corrected chi connectivity index (χ3v) is 5.36. The molecule has 30 heavy (non-hydrogen) atoms. The molecule has 0 bridgehead atoms. The maximum Gasteiger partial charge on any atom is 0.417 e. The number of amides is 1. The molecule has 0 atom stereocenters. The molecule has 1 saturated heterocycles. The normalized spacial score (nSPS) is 17.8. The minimum Gasteiger partial charge on any atom is -0.491 e. The highest BCUT2D eigenvalue weighted by atomic mass is 19.4. The van der Waals surface area contributed by atoms with Gasteiger partial charge in [-0.3, -0.25) is 9.69 Å². The highest BCUT2D eigenvalue weighted by molar-refractivity contribution is 5.96. The van der Waals surface area contributed by atoms with Crippen LogP contribution in [0.15, 0.2) is 42.5 Å². The molecule has 0 N–H and O–H groups in total. The largest absolute Gasteiger partial charge is 0.491 e. The van der Waals surface area contributed by atoms with Gasteiger partial charge in [0, 0.05) is 31.7 Å². The molecule has 8 heteroatoms. The summed E-state index contributed by atoms with van der Waals surface area (Å²) in [6.45, 7) is 4.52. The Morgan fingerprint density at radius 1 is 1.00 bits per heavy atom. The van der Waals surface area contributed by atoms with Crippen molar-refractivity contribution in [2.45, 2.75) is 19.3 Å². The van der Waals surface area contributed by atoms with Crippen molar-refractivity contribution in [2.24, 2.45) is 0 Å². The maximum atomic E-state index is 13.4. The van der Waals surface area contributed by atoms with Crippen LogP contribution in [-0.4, -0.2) is 55.2 Å². The molecule has 5 nitrogen and oxygen atoms in total. The summed E-state index contributed by atoms with van der Waals surface area (Å²) in [6.07, 6.45) is -4.59. The highest BCUT2D eigenvalue weighted by Crippen LogP contribution is 2.33. The summed E-state index contributed by atoms with van der Waals surface area (Å²) < 4.78 is 51.2. The lowest BCUT2D eigenvalue weighted by molar-refractivity contribution is -0.138. The van der Waals surface area contributed by atoms with Crippen molar-refractivity contribution >= 4 is 5.91 Å². The van der Waals surface area contributed by atoms with E-state index in [2.05, 4.69) is 4.90 Å². The number of alkyl halides is 3. The molecular formula is C22H23F3N2O3. The monoisotopic (exact) mass is 420 g/mol. The second-order valence-corrected chi connectivity index (χ2v) is 7.45. The number of hydrogen-bond acceptors (Lipinski definition) is 4. The smallest absolute Gasteiger partial charge is 0.417 e. The van der Waals surface area contributed by atoms with Gasteiger partial charge in [0.2, 0.25) is 0 Å². The first-order chi connectivity index (χ1) is 14.4. The number of fused-ring (bicyclic) bond motifs is 1. The van der Waals surface area contributed by atoms with E-state index in [1.54, 1.807) is 0 Å². The van der Waals surface area contributed by atoms with Gasteiger partial charge in [-0.25, -0.2) is 0 Å². The van der Waals surface area contributed by atoms with Crippen LogP contribution in [0.1, 0.15) is 27.0 Å². The Morgan fingerprint density at radius 2 is 1.77 bits per heavy atom. The average molecular weight is 420 g/mol. The lowest BCUT2D eigenvalue weighted by Crippen LogP contribution is -2.35. The number of ether oxygens (including phenoxy) is 2.